The Morgan fingerprint density at radius 3 is 2.40 bits per heavy atom. The zero-order valence-electron chi connectivity index (χ0n) is 46.0. The Morgan fingerprint density at radius 2 is 1.68 bits per heavy atom. The normalized spacial score (nSPS) is 21.0. The molecule has 80 heavy (non-hydrogen) atoms. The summed E-state index contributed by atoms with van der Waals surface area (Å²) in [5.41, 5.74) is 3.35. The molecule has 426 valence electrons. The van der Waals surface area contributed by atoms with E-state index < -0.39 is 47.1 Å². The standard InChI is InChI=1S/C60H70FN5O14/c1-6-60(74)46-25-49-54-43(27-66(49)56(70)45(46)31-79-57(60)71)51-37(15-18-40-35(5)47(61)26-48(64-54)52(40)51)24-39(67)29-77-32-76-28-36-13-16-38(17-14-36)63-55(69)34(4)23-50(68)53(33(2)3)65-59(73)78-22-21-75-20-19-62-58(72)80-30-44-41-11-9-7-8-10-12-42(41)44/h13-14,16-17,25-26,33-34,37,41-42,44,53,74H,6,9-12,15,18-24,27-32H2,1-5H3,(H,62,72)(H,63,69)(H,65,73)/t34-,37-,41-,42+,44?,53+,60+/m1/s1. The third-order valence-electron chi connectivity index (χ3n) is 16.4. The summed E-state index contributed by atoms with van der Waals surface area (Å²) in [6, 6.07) is 9.04. The molecule has 9 rings (SSSR count). The minimum absolute atomic E-state index is 0.0114. The van der Waals surface area contributed by atoms with Gasteiger partial charge in [0, 0.05) is 66.4 Å². The van der Waals surface area contributed by atoms with Crippen molar-refractivity contribution in [1.82, 2.24) is 20.2 Å². The van der Waals surface area contributed by atoms with Crippen molar-refractivity contribution in [3.8, 4) is 23.2 Å². The predicted molar refractivity (Wildman–Crippen MR) is 289 cm³/mol. The fourth-order valence-electron chi connectivity index (χ4n) is 11.8. The molecule has 3 aliphatic carbocycles. The zero-order valence-corrected chi connectivity index (χ0v) is 46.0. The molecule has 4 heterocycles. The monoisotopic (exact) mass is 1100 g/mol. The minimum atomic E-state index is -2.01. The van der Waals surface area contributed by atoms with E-state index in [9.17, 15) is 38.7 Å². The van der Waals surface area contributed by atoms with Gasteiger partial charge in [-0.2, -0.15) is 0 Å². The second-order valence-electron chi connectivity index (χ2n) is 21.9. The summed E-state index contributed by atoms with van der Waals surface area (Å²) < 4.78 is 49.6. The molecule has 2 aromatic heterocycles. The highest BCUT2D eigenvalue weighted by atomic mass is 19.1. The van der Waals surface area contributed by atoms with Crippen LogP contribution >= 0.6 is 0 Å². The van der Waals surface area contributed by atoms with Crippen LogP contribution < -0.4 is 21.5 Å². The number of hydrogen-bond donors (Lipinski definition) is 4. The molecular weight excluding hydrogens is 1030 g/mol. The maximum absolute atomic E-state index is 15.4. The van der Waals surface area contributed by atoms with Gasteiger partial charge in [0.05, 0.1) is 61.5 Å². The van der Waals surface area contributed by atoms with Crippen molar-refractivity contribution in [2.24, 2.45) is 29.6 Å². The number of nitrogens with zero attached hydrogens (tertiary/aromatic N) is 2. The molecule has 2 aliphatic heterocycles. The number of rotatable bonds is 24. The molecule has 1 unspecified atom stereocenters. The van der Waals surface area contributed by atoms with E-state index in [0.717, 1.165) is 53.3 Å². The summed E-state index contributed by atoms with van der Waals surface area (Å²) in [4.78, 5) is 96.4. The van der Waals surface area contributed by atoms with Crippen molar-refractivity contribution in [3.05, 3.63) is 91.5 Å². The number of anilines is 1. The highest BCUT2D eigenvalue weighted by Gasteiger charge is 2.49. The molecule has 1 saturated carbocycles. The summed E-state index contributed by atoms with van der Waals surface area (Å²) in [7, 11) is 0. The number of esters is 1. The third kappa shape index (κ3) is 12.6. The third-order valence-corrected chi connectivity index (χ3v) is 16.4. The van der Waals surface area contributed by atoms with Crippen LogP contribution in [0.25, 0.3) is 22.3 Å². The number of aryl methyl sites for hydroxylation is 1. The maximum atomic E-state index is 15.4. The molecule has 5 aliphatic rings. The Morgan fingerprint density at radius 1 is 0.925 bits per heavy atom. The average molecular weight is 1100 g/mol. The zero-order chi connectivity index (χ0) is 56.8. The van der Waals surface area contributed by atoms with Crippen molar-refractivity contribution in [2.45, 2.75) is 130 Å². The SMILES string of the molecule is CC[C@@]1(O)C(=O)OCc2c1cc1n(c2=O)Cc2c-1nc1cc(F)c(C)c3c1c2[C@@H](CC(=O)COCOCc1ccc(NC(=O)[C@H](C)CC(=O)[C@@H](NC(=O)OCCOCCNC(=O)OCC2[C@H]4CCC#CCC[C@@H]24)C(C)C)cc1)CC3. The lowest BCUT2D eigenvalue weighted by molar-refractivity contribution is -0.172. The Kier molecular flexibility index (Phi) is 18.1. The number of nitrogens with one attached hydrogen (secondary N) is 3. The average Bonchev–Trinajstić information content (AvgIpc) is 4.10. The molecule has 7 atom stereocenters. The van der Waals surface area contributed by atoms with Gasteiger partial charge in [0.2, 0.25) is 5.91 Å². The number of pyridine rings is 2. The first-order valence-electron chi connectivity index (χ1n) is 27.8. The van der Waals surface area contributed by atoms with Gasteiger partial charge in [-0.1, -0.05) is 39.8 Å². The number of hydrogen-bond acceptors (Lipinski definition) is 15. The number of aromatic nitrogens is 2. The number of cyclic esters (lactones) is 1. The fourth-order valence-corrected chi connectivity index (χ4v) is 11.8. The van der Waals surface area contributed by atoms with E-state index in [1.807, 2.05) is 0 Å². The van der Waals surface area contributed by atoms with Gasteiger partial charge in [-0.15, -0.1) is 11.8 Å². The van der Waals surface area contributed by atoms with E-state index in [2.05, 4.69) is 27.8 Å². The molecule has 4 aromatic rings. The van der Waals surface area contributed by atoms with E-state index in [-0.39, 0.29) is 119 Å². The van der Waals surface area contributed by atoms with Crippen LogP contribution in [-0.4, -0.2) is 103 Å². The summed E-state index contributed by atoms with van der Waals surface area (Å²) in [6.07, 6.45) is 3.67. The fraction of sp³-hybridized carbons (Fsp3) is 0.533. The molecule has 20 heteroatoms. The Bertz CT molecular complexity index is 3170. The lowest BCUT2D eigenvalue weighted by Crippen LogP contribution is -2.45. The van der Waals surface area contributed by atoms with Crippen molar-refractivity contribution >= 4 is 52.2 Å². The predicted octanol–water partition coefficient (Wildman–Crippen LogP) is 7.17. The first-order chi connectivity index (χ1) is 38.5. The Balaban J connectivity index is 0.680. The van der Waals surface area contributed by atoms with Crippen molar-refractivity contribution < 1.29 is 66.7 Å². The summed E-state index contributed by atoms with van der Waals surface area (Å²) in [5, 5.41) is 20.3. The van der Waals surface area contributed by atoms with Crippen LogP contribution in [0.2, 0.25) is 0 Å². The number of carbonyl (C=O) groups excluding carboxylic acids is 6. The number of carbonyl (C=O) groups is 6. The van der Waals surface area contributed by atoms with Crippen LogP contribution in [0.1, 0.15) is 124 Å². The second kappa shape index (κ2) is 25.2. The van der Waals surface area contributed by atoms with Gasteiger partial charge in [-0.25, -0.2) is 23.8 Å². The maximum Gasteiger partial charge on any atom is 0.407 e. The number of aliphatic hydroxyl groups is 1. The lowest BCUT2D eigenvalue weighted by atomic mass is 9.76. The van der Waals surface area contributed by atoms with Gasteiger partial charge in [-0.3, -0.25) is 19.2 Å². The van der Waals surface area contributed by atoms with Crippen LogP contribution in [-0.2, 0) is 79.4 Å². The molecule has 0 spiro atoms. The molecule has 3 amide bonds. The van der Waals surface area contributed by atoms with Gasteiger partial charge < -0.3 is 54.0 Å². The topological polar surface area (TPSA) is 249 Å². The first kappa shape index (κ1) is 57.6. The van der Waals surface area contributed by atoms with Gasteiger partial charge >= 0.3 is 18.2 Å². The van der Waals surface area contributed by atoms with E-state index in [1.165, 1.54) is 6.07 Å². The minimum Gasteiger partial charge on any atom is -0.458 e. The smallest absolute Gasteiger partial charge is 0.407 e. The van der Waals surface area contributed by atoms with Crippen molar-refractivity contribution in [2.75, 3.05) is 51.7 Å². The van der Waals surface area contributed by atoms with E-state index in [1.54, 1.807) is 69.5 Å². The van der Waals surface area contributed by atoms with Gasteiger partial charge in [0.15, 0.2) is 17.2 Å². The molecule has 0 saturated heterocycles. The van der Waals surface area contributed by atoms with Crippen LogP contribution in [0.4, 0.5) is 19.7 Å². The molecule has 0 radical (unpaired) electrons. The highest BCUT2D eigenvalue weighted by Crippen LogP contribution is 2.52. The number of amides is 3. The molecular formula is C60H70FN5O14. The molecule has 19 nitrogen and oxygen atoms in total. The lowest BCUT2D eigenvalue weighted by Gasteiger charge is -2.31. The highest BCUT2D eigenvalue weighted by molar-refractivity contribution is 5.97. The number of ketones is 2. The molecule has 0 bridgehead atoms. The van der Waals surface area contributed by atoms with Crippen molar-refractivity contribution in [3.63, 3.8) is 0 Å². The van der Waals surface area contributed by atoms with Crippen LogP contribution in [0.5, 0.6) is 0 Å². The summed E-state index contributed by atoms with van der Waals surface area (Å²) in [6.45, 7) is 8.99. The number of benzene rings is 2. The summed E-state index contributed by atoms with van der Waals surface area (Å²) >= 11 is 0. The van der Waals surface area contributed by atoms with Crippen LogP contribution in [0.3, 0.4) is 0 Å². The number of halogens is 1. The second-order valence-corrected chi connectivity index (χ2v) is 21.9. The van der Waals surface area contributed by atoms with Gasteiger partial charge in [0.25, 0.3) is 5.56 Å². The first-order valence-corrected chi connectivity index (χ1v) is 27.8. The van der Waals surface area contributed by atoms with E-state index in [0.29, 0.717) is 65.4 Å². The largest absolute Gasteiger partial charge is 0.458 e. The molecule has 1 fully saturated rings. The summed E-state index contributed by atoms with van der Waals surface area (Å²) in [5.74, 6) is 4.52. The number of Topliss-reactive ketones (excluding diaryl/α,β-unsaturated/α-hetero) is 2. The van der Waals surface area contributed by atoms with Gasteiger partial charge in [0.1, 0.15) is 32.4 Å². The van der Waals surface area contributed by atoms with Crippen molar-refractivity contribution in [1.29, 1.82) is 0 Å². The Hall–Kier alpha value is -7.05. The molecule has 2 aromatic carbocycles. The van der Waals surface area contributed by atoms with Crippen LogP contribution in [0, 0.1) is 54.2 Å². The van der Waals surface area contributed by atoms with E-state index in [4.69, 9.17) is 33.4 Å². The number of fused-ring (bicyclic) bond motifs is 6. The van der Waals surface area contributed by atoms with Crippen LogP contribution in [0.15, 0.2) is 41.2 Å². The number of alkyl carbamates (subject to hydrolysis) is 2. The van der Waals surface area contributed by atoms with Gasteiger partial charge in [-0.05, 0) is 109 Å². The Labute approximate surface area is 463 Å². The van der Waals surface area contributed by atoms with E-state index >= 15 is 4.39 Å². The number of ether oxygens (including phenoxy) is 6. The molecule has 4 N–H and O–H groups in total. The quantitative estimate of drug-likeness (QED) is 0.0157.